The number of rotatable bonds is 0. The summed E-state index contributed by atoms with van der Waals surface area (Å²) in [5.41, 5.74) is 0. The van der Waals surface area contributed by atoms with Crippen LogP contribution in [0, 0.1) is 5.92 Å². The lowest BCUT2D eigenvalue weighted by atomic mass is 10.0. The van der Waals surface area contributed by atoms with Gasteiger partial charge in [0.2, 0.25) is 0 Å². The number of hydrogen-bond acceptors (Lipinski definition) is 1. The summed E-state index contributed by atoms with van der Waals surface area (Å²) in [5.74, 6) is 1.40. The van der Waals surface area contributed by atoms with Gasteiger partial charge in [0, 0.05) is 6.42 Å². The maximum absolute atomic E-state index is 5.54. The monoisotopic (exact) mass is 180 g/mol. The summed E-state index contributed by atoms with van der Waals surface area (Å²) >= 11 is 11.1. The van der Waals surface area contributed by atoms with Gasteiger partial charge in [-0.3, -0.25) is 0 Å². The zero-order chi connectivity index (χ0) is 7.56. The van der Waals surface area contributed by atoms with Crippen LogP contribution in [-0.2, 0) is 4.74 Å². The summed E-state index contributed by atoms with van der Waals surface area (Å²) in [6, 6.07) is 0. The van der Waals surface area contributed by atoms with E-state index in [1.807, 2.05) is 0 Å². The minimum atomic E-state index is 0.284. The molecule has 0 radical (unpaired) electrons. The van der Waals surface area contributed by atoms with Gasteiger partial charge in [0.1, 0.15) is 10.3 Å². The molecule has 58 valence electrons. The number of halogens is 2. The molecule has 1 fully saturated rings. The second kappa shape index (κ2) is 3.49. The average molecular weight is 181 g/mol. The Morgan fingerprint density at radius 1 is 1.60 bits per heavy atom. The molecule has 0 unspecified atom stereocenters. The van der Waals surface area contributed by atoms with E-state index in [0.717, 1.165) is 25.2 Å². The summed E-state index contributed by atoms with van der Waals surface area (Å²) in [6.45, 7) is 2.92. The molecule has 0 amide bonds. The zero-order valence-corrected chi connectivity index (χ0v) is 7.37. The van der Waals surface area contributed by atoms with Crippen molar-refractivity contribution in [2.45, 2.75) is 19.8 Å². The van der Waals surface area contributed by atoms with Crippen LogP contribution in [0.5, 0.6) is 0 Å². The Balaban J connectivity index is 2.55. The predicted octanol–water partition coefficient (Wildman–Crippen LogP) is 3.08. The molecule has 0 N–H and O–H groups in total. The smallest absolute Gasteiger partial charge is 0.144 e. The van der Waals surface area contributed by atoms with Crippen molar-refractivity contribution in [2.75, 3.05) is 6.61 Å². The maximum Gasteiger partial charge on any atom is 0.144 e. The molecule has 1 aliphatic heterocycles. The van der Waals surface area contributed by atoms with Crippen molar-refractivity contribution in [1.29, 1.82) is 0 Å². The lowest BCUT2D eigenvalue weighted by Gasteiger charge is -2.21. The molecule has 0 aromatic carbocycles. The standard InChI is InChI=1S/C7H10Cl2O/c1-5-2-3-10-6(4-5)7(8)9/h5H,2-4H2,1H3/t5-/m0/s1. The number of allylic oxidation sites excluding steroid dienone is 1. The summed E-state index contributed by atoms with van der Waals surface area (Å²) in [6.07, 6.45) is 1.98. The van der Waals surface area contributed by atoms with E-state index >= 15 is 0 Å². The van der Waals surface area contributed by atoms with E-state index < -0.39 is 0 Å². The summed E-state index contributed by atoms with van der Waals surface area (Å²) in [7, 11) is 0. The van der Waals surface area contributed by atoms with Crippen molar-refractivity contribution in [3.05, 3.63) is 10.3 Å². The van der Waals surface area contributed by atoms with Crippen molar-refractivity contribution < 1.29 is 4.74 Å². The van der Waals surface area contributed by atoms with Crippen LogP contribution >= 0.6 is 23.2 Å². The molecule has 3 heteroatoms. The van der Waals surface area contributed by atoms with E-state index in [1.165, 1.54) is 0 Å². The van der Waals surface area contributed by atoms with Crippen LogP contribution in [0.3, 0.4) is 0 Å². The van der Waals surface area contributed by atoms with E-state index in [-0.39, 0.29) is 4.49 Å². The Morgan fingerprint density at radius 2 is 2.30 bits per heavy atom. The van der Waals surface area contributed by atoms with Crippen LogP contribution in [0.1, 0.15) is 19.8 Å². The third-order valence-electron chi connectivity index (χ3n) is 1.63. The molecule has 10 heavy (non-hydrogen) atoms. The summed E-state index contributed by atoms with van der Waals surface area (Å²) in [5, 5.41) is 0. The third-order valence-corrected chi connectivity index (χ3v) is 2.05. The van der Waals surface area contributed by atoms with Gasteiger partial charge < -0.3 is 4.74 Å². The minimum absolute atomic E-state index is 0.284. The zero-order valence-electron chi connectivity index (χ0n) is 5.86. The molecule has 0 spiro atoms. The van der Waals surface area contributed by atoms with Gasteiger partial charge in [0.05, 0.1) is 6.61 Å². The van der Waals surface area contributed by atoms with Crippen LogP contribution in [-0.4, -0.2) is 6.61 Å². The van der Waals surface area contributed by atoms with Gasteiger partial charge in [0.25, 0.3) is 0 Å². The average Bonchev–Trinajstić information content (AvgIpc) is 1.88. The number of hydrogen-bond donors (Lipinski definition) is 0. The minimum Gasteiger partial charge on any atom is -0.495 e. The highest BCUT2D eigenvalue weighted by Gasteiger charge is 2.15. The molecule has 1 saturated heterocycles. The number of ether oxygens (including phenoxy) is 1. The maximum atomic E-state index is 5.54. The van der Waals surface area contributed by atoms with Gasteiger partial charge in [-0.2, -0.15) is 0 Å². The van der Waals surface area contributed by atoms with Crippen molar-refractivity contribution in [1.82, 2.24) is 0 Å². The van der Waals surface area contributed by atoms with Crippen molar-refractivity contribution in [3.63, 3.8) is 0 Å². The van der Waals surface area contributed by atoms with Crippen molar-refractivity contribution in [2.24, 2.45) is 5.92 Å². The van der Waals surface area contributed by atoms with Crippen LogP contribution < -0.4 is 0 Å². The van der Waals surface area contributed by atoms with Gasteiger partial charge in [-0.05, 0) is 12.3 Å². The van der Waals surface area contributed by atoms with Crippen LogP contribution in [0.15, 0.2) is 10.3 Å². The lowest BCUT2D eigenvalue weighted by molar-refractivity contribution is 0.137. The van der Waals surface area contributed by atoms with Crippen molar-refractivity contribution >= 4 is 23.2 Å². The van der Waals surface area contributed by atoms with Gasteiger partial charge in [-0.1, -0.05) is 30.1 Å². The normalized spacial score (nSPS) is 25.9. The second-order valence-electron chi connectivity index (χ2n) is 2.63. The Hall–Kier alpha value is 0.120. The first kappa shape index (κ1) is 8.22. The Bertz CT molecular complexity index is 150. The largest absolute Gasteiger partial charge is 0.495 e. The van der Waals surface area contributed by atoms with Gasteiger partial charge in [-0.25, -0.2) is 0 Å². The first-order valence-electron chi connectivity index (χ1n) is 3.37. The van der Waals surface area contributed by atoms with Gasteiger partial charge >= 0.3 is 0 Å². The summed E-state index contributed by atoms with van der Waals surface area (Å²) < 4.78 is 5.51. The van der Waals surface area contributed by atoms with Gasteiger partial charge in [0.15, 0.2) is 0 Å². The molecular formula is C7H10Cl2O. The fourth-order valence-corrected chi connectivity index (χ4v) is 1.26. The molecule has 1 nitrogen and oxygen atoms in total. The third kappa shape index (κ3) is 2.06. The fourth-order valence-electron chi connectivity index (χ4n) is 0.992. The van der Waals surface area contributed by atoms with Gasteiger partial charge in [-0.15, -0.1) is 0 Å². The molecule has 0 aromatic rings. The first-order valence-corrected chi connectivity index (χ1v) is 4.12. The topological polar surface area (TPSA) is 9.23 Å². The summed E-state index contributed by atoms with van der Waals surface area (Å²) in [4.78, 5) is 0. The van der Waals surface area contributed by atoms with Crippen LogP contribution in [0.4, 0.5) is 0 Å². The molecule has 0 aliphatic carbocycles. The van der Waals surface area contributed by atoms with E-state index in [4.69, 9.17) is 27.9 Å². The molecule has 0 aromatic heterocycles. The highest BCUT2D eigenvalue weighted by atomic mass is 35.5. The Labute approximate surface area is 71.0 Å². The second-order valence-corrected chi connectivity index (χ2v) is 3.58. The van der Waals surface area contributed by atoms with E-state index in [9.17, 15) is 0 Å². The van der Waals surface area contributed by atoms with Crippen LogP contribution in [0.25, 0.3) is 0 Å². The quantitative estimate of drug-likeness (QED) is 0.557. The van der Waals surface area contributed by atoms with Crippen molar-refractivity contribution in [3.8, 4) is 0 Å². The van der Waals surface area contributed by atoms with E-state index in [2.05, 4.69) is 6.92 Å². The SMILES string of the molecule is C[C@H]1CCOC(=C(Cl)Cl)C1. The Kier molecular flexibility index (Phi) is 2.87. The highest BCUT2D eigenvalue weighted by Crippen LogP contribution is 2.27. The molecular weight excluding hydrogens is 171 g/mol. The molecule has 1 aliphatic rings. The molecule has 0 saturated carbocycles. The molecule has 1 rings (SSSR count). The molecule has 1 atom stereocenters. The Morgan fingerprint density at radius 3 is 2.70 bits per heavy atom. The molecule has 0 bridgehead atoms. The van der Waals surface area contributed by atoms with E-state index in [1.54, 1.807) is 0 Å². The first-order chi connectivity index (χ1) is 4.70. The highest BCUT2D eigenvalue weighted by molar-refractivity contribution is 6.56. The van der Waals surface area contributed by atoms with Crippen LogP contribution in [0.2, 0.25) is 0 Å². The van der Waals surface area contributed by atoms with E-state index in [0.29, 0.717) is 5.92 Å². The molecule has 1 heterocycles. The fraction of sp³-hybridized carbons (Fsp3) is 0.714. The lowest BCUT2D eigenvalue weighted by Crippen LogP contribution is -2.11. The predicted molar refractivity (Wildman–Crippen MR) is 43.1 cm³/mol.